The van der Waals surface area contributed by atoms with Crippen molar-refractivity contribution in [3.05, 3.63) is 59.8 Å². The van der Waals surface area contributed by atoms with Crippen LogP contribution in [0.25, 0.3) is 11.3 Å². The molecule has 2 aromatic heterocycles. The predicted molar refractivity (Wildman–Crippen MR) is 131 cm³/mol. The summed E-state index contributed by atoms with van der Waals surface area (Å²) in [4.78, 5) is 17.4. The van der Waals surface area contributed by atoms with Crippen LogP contribution in [0.2, 0.25) is 0 Å². The minimum absolute atomic E-state index is 0.110. The van der Waals surface area contributed by atoms with Gasteiger partial charge in [-0.15, -0.1) is 0 Å². The fourth-order valence-electron chi connectivity index (χ4n) is 5.21. The number of aromatic nitrogens is 3. The van der Waals surface area contributed by atoms with Crippen molar-refractivity contribution in [3.63, 3.8) is 0 Å². The zero-order chi connectivity index (χ0) is 24.4. The van der Waals surface area contributed by atoms with Crippen LogP contribution in [0.1, 0.15) is 42.9 Å². The molecular weight excluding hydrogens is 442 g/mol. The van der Waals surface area contributed by atoms with Gasteiger partial charge in [-0.1, -0.05) is 23.9 Å². The number of piperidine rings is 1. The van der Waals surface area contributed by atoms with Gasteiger partial charge in [0.25, 0.3) is 0 Å². The quantitative estimate of drug-likeness (QED) is 0.460. The molecule has 3 heterocycles. The van der Waals surface area contributed by atoms with Crippen LogP contribution in [0.15, 0.2) is 47.2 Å². The molecule has 5 rings (SSSR count). The lowest BCUT2D eigenvalue weighted by Gasteiger charge is -2.17. The molecule has 1 aliphatic carbocycles. The van der Waals surface area contributed by atoms with Crippen molar-refractivity contribution in [3.8, 4) is 23.2 Å². The van der Waals surface area contributed by atoms with Crippen LogP contribution in [0.5, 0.6) is 0 Å². The molecule has 1 aromatic carbocycles. The second-order valence-electron chi connectivity index (χ2n) is 9.43. The molecule has 35 heavy (non-hydrogen) atoms. The van der Waals surface area contributed by atoms with E-state index in [1.165, 1.54) is 0 Å². The van der Waals surface area contributed by atoms with Gasteiger partial charge in [-0.05, 0) is 49.1 Å². The average Bonchev–Trinajstić information content (AvgIpc) is 3.35. The van der Waals surface area contributed by atoms with E-state index in [0.29, 0.717) is 30.1 Å². The maximum Gasteiger partial charge on any atom is 0.303 e. The molecule has 1 aliphatic heterocycles. The minimum atomic E-state index is -0.715. The average molecular weight is 474 g/mol. The first-order valence-corrected chi connectivity index (χ1v) is 12.3. The minimum Gasteiger partial charge on any atom is -0.481 e. The van der Waals surface area contributed by atoms with E-state index in [-0.39, 0.29) is 12.5 Å². The number of benzene rings is 1. The first-order chi connectivity index (χ1) is 17.1. The number of aryl methyl sites for hydroxylation is 1. The third-order valence-electron chi connectivity index (χ3n) is 7.18. The van der Waals surface area contributed by atoms with Gasteiger partial charge in [-0.3, -0.25) is 4.79 Å². The number of nitrogens with zero attached hydrogens (tertiary/aromatic N) is 4. The van der Waals surface area contributed by atoms with E-state index in [9.17, 15) is 4.79 Å². The second kappa shape index (κ2) is 10.1. The van der Waals surface area contributed by atoms with Gasteiger partial charge >= 0.3 is 5.97 Å². The van der Waals surface area contributed by atoms with Crippen molar-refractivity contribution in [2.24, 2.45) is 23.5 Å². The summed E-state index contributed by atoms with van der Waals surface area (Å²) in [7, 11) is 0. The Morgan fingerprint density at radius 1 is 1.29 bits per heavy atom. The first kappa shape index (κ1) is 23.3. The molecule has 0 bridgehead atoms. The van der Waals surface area contributed by atoms with Gasteiger partial charge in [-0.2, -0.15) is 0 Å². The number of hydrogen-bond acceptors (Lipinski definition) is 6. The van der Waals surface area contributed by atoms with E-state index in [2.05, 4.69) is 38.4 Å². The fraction of sp³-hybridized carbons (Fsp3) is 0.444. The standard InChI is InChI=1S/C27H31N5O3/c1-2-26-29-11-13-32(26)24(15-28)23-14-25(35-30-23)19-8-5-18(6-9-19)7-10-20-21-16-31(17-22(20)21)12-3-4-27(33)34/h5-6,8-9,11,13-14,20-22,24H,2-4,12,15-17,28H2,1H3,(H,33,34)/t20?,21?,22?,24-/m1/s1. The number of fused-ring (bicyclic) bond motifs is 1. The van der Waals surface area contributed by atoms with Crippen molar-refractivity contribution in [2.75, 3.05) is 26.2 Å². The van der Waals surface area contributed by atoms with Crippen molar-refractivity contribution in [1.82, 2.24) is 19.6 Å². The number of aliphatic carboxylic acids is 1. The van der Waals surface area contributed by atoms with E-state index in [1.54, 1.807) is 6.20 Å². The van der Waals surface area contributed by atoms with Crippen molar-refractivity contribution in [2.45, 2.75) is 32.2 Å². The Balaban J connectivity index is 1.18. The monoisotopic (exact) mass is 473 g/mol. The lowest BCUT2D eigenvalue weighted by atomic mass is 10.1. The molecule has 0 amide bonds. The van der Waals surface area contributed by atoms with Gasteiger partial charge in [0.05, 0.1) is 6.04 Å². The Morgan fingerprint density at radius 3 is 2.74 bits per heavy atom. The zero-order valence-electron chi connectivity index (χ0n) is 19.9. The normalized spacial score (nSPS) is 21.8. The molecule has 3 atom stereocenters. The molecule has 3 aromatic rings. The highest BCUT2D eigenvalue weighted by molar-refractivity contribution is 5.66. The van der Waals surface area contributed by atoms with E-state index in [4.69, 9.17) is 15.4 Å². The summed E-state index contributed by atoms with van der Waals surface area (Å²) in [6.45, 7) is 5.43. The van der Waals surface area contributed by atoms with Crippen LogP contribution in [-0.4, -0.2) is 56.9 Å². The Labute approximate surface area is 205 Å². The Bertz CT molecular complexity index is 1220. The predicted octanol–water partition coefficient (Wildman–Crippen LogP) is 3.04. The van der Waals surface area contributed by atoms with Gasteiger partial charge in [0.15, 0.2) is 5.76 Å². The largest absolute Gasteiger partial charge is 0.481 e. The third kappa shape index (κ3) is 5.02. The summed E-state index contributed by atoms with van der Waals surface area (Å²) < 4.78 is 7.70. The van der Waals surface area contributed by atoms with Crippen LogP contribution in [0.3, 0.4) is 0 Å². The highest BCUT2D eigenvalue weighted by atomic mass is 16.5. The van der Waals surface area contributed by atoms with Gasteiger partial charge in [0.1, 0.15) is 11.5 Å². The van der Waals surface area contributed by atoms with E-state index < -0.39 is 5.97 Å². The number of carboxylic acids is 1. The number of rotatable bonds is 9. The topological polar surface area (TPSA) is 110 Å². The summed E-state index contributed by atoms with van der Waals surface area (Å²) in [6.07, 6.45) is 5.52. The SMILES string of the molecule is CCc1nccn1[C@H](CN)c1cc(-c2ccc(C#CC3C4CN(CCCC(=O)O)CC34)cc2)on1. The smallest absolute Gasteiger partial charge is 0.303 e. The molecule has 0 radical (unpaired) electrons. The van der Waals surface area contributed by atoms with Crippen LogP contribution in [0.4, 0.5) is 0 Å². The molecule has 2 aliphatic rings. The summed E-state index contributed by atoms with van der Waals surface area (Å²) in [5.74, 6) is 9.48. The van der Waals surface area contributed by atoms with Crippen LogP contribution >= 0.6 is 0 Å². The number of hydrogen-bond donors (Lipinski definition) is 2. The molecule has 8 heteroatoms. The fourth-order valence-corrected chi connectivity index (χ4v) is 5.21. The molecule has 2 fully saturated rings. The first-order valence-electron chi connectivity index (χ1n) is 12.3. The van der Waals surface area contributed by atoms with Crippen LogP contribution in [0, 0.1) is 29.6 Å². The lowest BCUT2D eigenvalue weighted by Crippen LogP contribution is -2.25. The van der Waals surface area contributed by atoms with E-state index >= 15 is 0 Å². The zero-order valence-corrected chi connectivity index (χ0v) is 19.9. The number of imidazole rings is 1. The molecule has 2 unspecified atom stereocenters. The van der Waals surface area contributed by atoms with Crippen LogP contribution in [-0.2, 0) is 11.2 Å². The maximum absolute atomic E-state index is 10.7. The summed E-state index contributed by atoms with van der Waals surface area (Å²) in [5.41, 5.74) is 8.78. The molecule has 182 valence electrons. The highest BCUT2D eigenvalue weighted by Gasteiger charge is 2.54. The van der Waals surface area contributed by atoms with Gasteiger partial charge < -0.3 is 24.8 Å². The number of likely N-dealkylation sites (tertiary alicyclic amines) is 1. The Hall–Kier alpha value is -3.41. The molecular formula is C27H31N5O3. The van der Waals surface area contributed by atoms with Gasteiger partial charge in [0.2, 0.25) is 0 Å². The Kier molecular flexibility index (Phi) is 6.71. The highest BCUT2D eigenvalue weighted by Crippen LogP contribution is 2.51. The second-order valence-corrected chi connectivity index (χ2v) is 9.43. The van der Waals surface area contributed by atoms with E-state index in [1.807, 2.05) is 36.5 Å². The maximum atomic E-state index is 10.7. The summed E-state index contributed by atoms with van der Waals surface area (Å²) in [6, 6.07) is 9.90. The van der Waals surface area contributed by atoms with E-state index in [0.717, 1.165) is 55.1 Å². The number of carbonyl (C=O) groups is 1. The molecule has 0 spiro atoms. The number of carboxylic acid groups (broad SMARTS) is 1. The van der Waals surface area contributed by atoms with Crippen molar-refractivity contribution < 1.29 is 14.4 Å². The van der Waals surface area contributed by atoms with Crippen molar-refractivity contribution >= 4 is 5.97 Å². The Morgan fingerprint density at radius 2 is 2.06 bits per heavy atom. The van der Waals surface area contributed by atoms with Gasteiger partial charge in [0, 0.05) is 68.0 Å². The van der Waals surface area contributed by atoms with Gasteiger partial charge in [-0.25, -0.2) is 4.98 Å². The molecule has 3 N–H and O–H groups in total. The molecule has 1 saturated carbocycles. The molecule has 8 nitrogen and oxygen atoms in total. The summed E-state index contributed by atoms with van der Waals surface area (Å²) in [5, 5.41) is 13.1. The lowest BCUT2D eigenvalue weighted by molar-refractivity contribution is -0.137. The molecule has 1 saturated heterocycles. The van der Waals surface area contributed by atoms with Crippen LogP contribution < -0.4 is 5.73 Å². The van der Waals surface area contributed by atoms with Crippen molar-refractivity contribution in [1.29, 1.82) is 0 Å². The summed E-state index contributed by atoms with van der Waals surface area (Å²) >= 11 is 0. The number of nitrogens with two attached hydrogens (primary N) is 1. The third-order valence-corrected chi connectivity index (χ3v) is 7.18.